The maximum atomic E-state index is 11.0. The fourth-order valence-electron chi connectivity index (χ4n) is 2.42. The topological polar surface area (TPSA) is 137 Å². The molecule has 0 aliphatic heterocycles. The number of nitrogens with zero attached hydrogens (tertiary/aromatic N) is 5. The van der Waals surface area contributed by atoms with E-state index in [0.29, 0.717) is 17.0 Å². The third kappa shape index (κ3) is 3.51. The number of aryl methyl sites for hydroxylation is 2. The lowest BCUT2D eigenvalue weighted by atomic mass is 10.1. The number of nitro groups is 1. The summed E-state index contributed by atoms with van der Waals surface area (Å²) in [5.41, 5.74) is 13.5. The van der Waals surface area contributed by atoms with Gasteiger partial charge in [0.05, 0.1) is 22.5 Å². The van der Waals surface area contributed by atoms with Crippen LogP contribution in [0.5, 0.6) is 0 Å². The van der Waals surface area contributed by atoms with Gasteiger partial charge in [-0.15, -0.1) is 28.8 Å². The SMILES string of the molecule is Cc1sc2nc(-c3cccc([N+](=O)[O-])c3)c(/C=N/N=C(N)N)n2c1C.Cl. The highest BCUT2D eigenvalue weighted by Crippen LogP contribution is 2.31. The van der Waals surface area contributed by atoms with Crippen LogP contribution in [-0.4, -0.2) is 26.5 Å². The molecule has 0 saturated heterocycles. The van der Waals surface area contributed by atoms with Crippen LogP contribution in [0.1, 0.15) is 16.3 Å². The molecule has 0 bridgehead atoms. The van der Waals surface area contributed by atoms with Crippen LogP contribution >= 0.6 is 23.7 Å². The van der Waals surface area contributed by atoms with Crippen LogP contribution in [0.4, 0.5) is 5.69 Å². The Labute approximate surface area is 158 Å². The summed E-state index contributed by atoms with van der Waals surface area (Å²) in [6, 6.07) is 6.30. The summed E-state index contributed by atoms with van der Waals surface area (Å²) >= 11 is 1.53. The van der Waals surface area contributed by atoms with Gasteiger partial charge in [-0.2, -0.15) is 5.10 Å². The lowest BCUT2D eigenvalue weighted by molar-refractivity contribution is -0.384. The van der Waals surface area contributed by atoms with Gasteiger partial charge >= 0.3 is 0 Å². The number of nitrogens with two attached hydrogens (primary N) is 2. The molecule has 11 heteroatoms. The highest BCUT2D eigenvalue weighted by Gasteiger charge is 2.19. The van der Waals surface area contributed by atoms with E-state index in [1.54, 1.807) is 12.1 Å². The van der Waals surface area contributed by atoms with Crippen LogP contribution < -0.4 is 11.5 Å². The molecule has 1 aromatic carbocycles. The third-order valence-electron chi connectivity index (χ3n) is 3.66. The molecule has 0 radical (unpaired) electrons. The summed E-state index contributed by atoms with van der Waals surface area (Å²) < 4.78 is 1.93. The van der Waals surface area contributed by atoms with E-state index in [0.717, 1.165) is 15.5 Å². The Morgan fingerprint density at radius 3 is 2.77 bits per heavy atom. The predicted molar refractivity (Wildman–Crippen MR) is 105 cm³/mol. The first kappa shape index (κ1) is 19.3. The van der Waals surface area contributed by atoms with E-state index in [4.69, 9.17) is 11.5 Å². The molecular formula is C15H16ClN7O2S. The first-order valence-electron chi connectivity index (χ1n) is 7.23. The van der Waals surface area contributed by atoms with Gasteiger partial charge in [0.25, 0.3) is 5.69 Å². The summed E-state index contributed by atoms with van der Waals surface area (Å²) in [5.74, 6) is -0.160. The van der Waals surface area contributed by atoms with Crippen LogP contribution in [0, 0.1) is 24.0 Å². The van der Waals surface area contributed by atoms with Crippen molar-refractivity contribution >= 4 is 46.6 Å². The Morgan fingerprint density at radius 2 is 2.12 bits per heavy atom. The molecule has 0 aliphatic carbocycles. The fraction of sp³-hybridized carbons (Fsp3) is 0.133. The Morgan fingerprint density at radius 1 is 1.38 bits per heavy atom. The largest absolute Gasteiger partial charge is 0.369 e. The third-order valence-corrected chi connectivity index (χ3v) is 4.71. The highest BCUT2D eigenvalue weighted by atomic mass is 35.5. The van der Waals surface area contributed by atoms with Crippen LogP contribution in [0.3, 0.4) is 0 Å². The van der Waals surface area contributed by atoms with Gasteiger partial charge < -0.3 is 11.5 Å². The second-order valence-corrected chi connectivity index (χ2v) is 6.47. The number of nitro benzene ring substituents is 1. The van der Waals surface area contributed by atoms with Gasteiger partial charge in [0.2, 0.25) is 5.96 Å². The lowest BCUT2D eigenvalue weighted by Crippen LogP contribution is -2.21. The Hall–Kier alpha value is -2.98. The van der Waals surface area contributed by atoms with E-state index in [1.165, 1.54) is 29.7 Å². The van der Waals surface area contributed by atoms with Crippen molar-refractivity contribution in [2.45, 2.75) is 13.8 Å². The van der Waals surface area contributed by atoms with E-state index in [2.05, 4.69) is 15.2 Å². The monoisotopic (exact) mass is 393 g/mol. The smallest absolute Gasteiger partial charge is 0.270 e. The maximum Gasteiger partial charge on any atom is 0.270 e. The average molecular weight is 394 g/mol. The van der Waals surface area contributed by atoms with Crippen LogP contribution in [0.15, 0.2) is 34.5 Å². The number of benzene rings is 1. The average Bonchev–Trinajstić information content (AvgIpc) is 3.05. The Bertz CT molecular complexity index is 1030. The van der Waals surface area contributed by atoms with Crippen LogP contribution in [0.2, 0.25) is 0 Å². The number of aromatic nitrogens is 2. The number of rotatable bonds is 4. The molecule has 136 valence electrons. The molecular weight excluding hydrogens is 378 g/mol. The number of hydrogen-bond acceptors (Lipinski definition) is 6. The van der Waals surface area contributed by atoms with E-state index in [1.807, 2.05) is 18.2 Å². The second kappa shape index (κ2) is 7.50. The van der Waals surface area contributed by atoms with Gasteiger partial charge in [-0.1, -0.05) is 12.1 Å². The zero-order valence-corrected chi connectivity index (χ0v) is 15.5. The number of fused-ring (bicyclic) bond motifs is 1. The Balaban J connectivity index is 0.00000243. The van der Waals surface area contributed by atoms with Crippen molar-refractivity contribution in [2.75, 3.05) is 0 Å². The minimum absolute atomic E-state index is 0. The summed E-state index contributed by atoms with van der Waals surface area (Å²) in [5, 5.41) is 18.5. The van der Waals surface area contributed by atoms with E-state index >= 15 is 0 Å². The first-order chi connectivity index (χ1) is 11.9. The number of halogens is 1. The standard InChI is InChI=1S/C15H15N7O2S.ClH/c1-8-9(2)25-15-19-13(10-4-3-5-11(6-10)22(23)24)12(21(8)15)7-18-20-14(16)17;/h3-7H,1-2H3,(H4,16,17,20);1H/b18-7+;. The molecule has 9 nitrogen and oxygen atoms in total. The normalized spacial score (nSPS) is 10.8. The van der Waals surface area contributed by atoms with Crippen LogP contribution in [0.25, 0.3) is 16.2 Å². The van der Waals surface area contributed by atoms with Gasteiger partial charge in [0.15, 0.2) is 4.96 Å². The fourth-order valence-corrected chi connectivity index (χ4v) is 3.40. The van der Waals surface area contributed by atoms with Crippen molar-refractivity contribution in [1.29, 1.82) is 0 Å². The minimum Gasteiger partial charge on any atom is -0.369 e. The molecule has 4 N–H and O–H groups in total. The van der Waals surface area contributed by atoms with Crippen molar-refractivity contribution in [2.24, 2.45) is 21.7 Å². The van der Waals surface area contributed by atoms with Gasteiger partial charge in [-0.05, 0) is 13.8 Å². The molecule has 3 rings (SSSR count). The Kier molecular flexibility index (Phi) is 5.58. The minimum atomic E-state index is -0.440. The van der Waals surface area contributed by atoms with Crippen molar-refractivity contribution in [1.82, 2.24) is 9.38 Å². The molecule has 2 aromatic heterocycles. The molecule has 3 aromatic rings. The number of imidazole rings is 1. The summed E-state index contributed by atoms with van der Waals surface area (Å²) in [7, 11) is 0. The molecule has 2 heterocycles. The molecule has 0 unspecified atom stereocenters. The van der Waals surface area contributed by atoms with Crippen molar-refractivity contribution in [3.8, 4) is 11.3 Å². The maximum absolute atomic E-state index is 11.0. The molecule has 0 amide bonds. The molecule has 0 saturated carbocycles. The second-order valence-electron chi connectivity index (χ2n) is 5.28. The zero-order chi connectivity index (χ0) is 18.1. The summed E-state index contributed by atoms with van der Waals surface area (Å²) in [4.78, 5) is 17.1. The molecule has 0 fully saturated rings. The number of non-ortho nitro benzene ring substituents is 1. The lowest BCUT2D eigenvalue weighted by Gasteiger charge is -2.01. The van der Waals surface area contributed by atoms with Crippen molar-refractivity contribution in [3.05, 3.63) is 50.6 Å². The molecule has 0 spiro atoms. The first-order valence-corrected chi connectivity index (χ1v) is 8.05. The summed E-state index contributed by atoms with van der Waals surface area (Å²) in [6.45, 7) is 3.97. The van der Waals surface area contributed by atoms with E-state index < -0.39 is 4.92 Å². The molecule has 0 atom stereocenters. The predicted octanol–water partition coefficient (Wildman–Crippen LogP) is 2.62. The quantitative estimate of drug-likeness (QED) is 0.303. The summed E-state index contributed by atoms with van der Waals surface area (Å²) in [6.07, 6.45) is 1.49. The highest BCUT2D eigenvalue weighted by molar-refractivity contribution is 7.17. The molecule has 0 aliphatic rings. The van der Waals surface area contributed by atoms with Crippen molar-refractivity contribution in [3.63, 3.8) is 0 Å². The number of hydrogen-bond donors (Lipinski definition) is 2. The van der Waals surface area contributed by atoms with Gasteiger partial charge in [0, 0.05) is 28.3 Å². The van der Waals surface area contributed by atoms with Crippen LogP contribution in [-0.2, 0) is 0 Å². The number of guanidine groups is 1. The van der Waals surface area contributed by atoms with Crippen molar-refractivity contribution < 1.29 is 4.92 Å². The van der Waals surface area contributed by atoms with Gasteiger partial charge in [-0.25, -0.2) is 4.98 Å². The molecule has 26 heavy (non-hydrogen) atoms. The van der Waals surface area contributed by atoms with Gasteiger partial charge in [0.1, 0.15) is 0 Å². The zero-order valence-electron chi connectivity index (χ0n) is 13.9. The van der Waals surface area contributed by atoms with E-state index in [9.17, 15) is 10.1 Å². The number of thiazole rings is 1. The van der Waals surface area contributed by atoms with Gasteiger partial charge in [-0.3, -0.25) is 14.5 Å². The van der Waals surface area contributed by atoms with E-state index in [-0.39, 0.29) is 24.1 Å².